The molecule has 148 valence electrons. The van der Waals surface area contributed by atoms with Crippen LogP contribution in [0.15, 0.2) is 35.1 Å². The maximum Gasteiger partial charge on any atom is 0.259 e. The number of quaternary nitrogens is 1. The normalized spacial score (nSPS) is 15.1. The zero-order valence-corrected chi connectivity index (χ0v) is 17.9. The van der Waals surface area contributed by atoms with Crippen molar-refractivity contribution in [2.75, 3.05) is 0 Å². The first kappa shape index (κ1) is 19.3. The largest absolute Gasteiger partial charge is 0.335 e. The second-order valence-corrected chi connectivity index (χ2v) is 9.51. The summed E-state index contributed by atoms with van der Waals surface area (Å²) in [4.78, 5) is 19.7. The maximum atomic E-state index is 12.7. The molecule has 0 saturated carbocycles. The van der Waals surface area contributed by atoms with Crippen LogP contribution < -0.4 is 10.9 Å². The van der Waals surface area contributed by atoms with Crippen LogP contribution in [-0.4, -0.2) is 9.38 Å². The first-order valence-corrected chi connectivity index (χ1v) is 11.3. The van der Waals surface area contributed by atoms with Crippen LogP contribution in [0, 0.1) is 5.92 Å². The Labute approximate surface area is 170 Å². The van der Waals surface area contributed by atoms with E-state index in [4.69, 9.17) is 4.98 Å². The summed E-state index contributed by atoms with van der Waals surface area (Å²) in [6.07, 6.45) is 5.62. The Balaban J connectivity index is 1.47. The number of nitrogens with zero attached hydrogens (tertiary/aromatic N) is 2. The van der Waals surface area contributed by atoms with Gasteiger partial charge in [0.2, 0.25) is 0 Å². The van der Waals surface area contributed by atoms with Gasteiger partial charge in [0.15, 0.2) is 4.96 Å². The van der Waals surface area contributed by atoms with E-state index in [0.29, 0.717) is 12.0 Å². The van der Waals surface area contributed by atoms with Crippen molar-refractivity contribution in [2.24, 2.45) is 5.92 Å². The van der Waals surface area contributed by atoms with E-state index < -0.39 is 0 Å². The van der Waals surface area contributed by atoms with Gasteiger partial charge in [-0.15, -0.1) is 11.3 Å². The quantitative estimate of drug-likeness (QED) is 0.691. The first-order chi connectivity index (χ1) is 13.5. The van der Waals surface area contributed by atoms with Crippen molar-refractivity contribution in [3.63, 3.8) is 0 Å². The molecule has 0 aliphatic heterocycles. The minimum absolute atomic E-state index is 0.0819. The standard InChI is InChI=1S/C23H29N3OS/c1-15(2)12-17-8-10-18(11-9-17)16(3)24-14-19-13-22(27)26-20-6-4-5-7-21(20)28-23(26)25-19/h8-11,13,15-16,24H,4-7,12,14H2,1-3H3/p+1/t16-/m1/s1. The van der Waals surface area contributed by atoms with Gasteiger partial charge in [0.25, 0.3) is 5.56 Å². The van der Waals surface area contributed by atoms with Gasteiger partial charge in [-0.1, -0.05) is 38.1 Å². The molecule has 4 rings (SSSR count). The van der Waals surface area contributed by atoms with E-state index in [-0.39, 0.29) is 5.56 Å². The van der Waals surface area contributed by atoms with Gasteiger partial charge in [-0.25, -0.2) is 4.98 Å². The highest BCUT2D eigenvalue weighted by atomic mass is 32.1. The fourth-order valence-electron chi connectivity index (χ4n) is 4.11. The Morgan fingerprint density at radius 3 is 2.64 bits per heavy atom. The lowest BCUT2D eigenvalue weighted by molar-refractivity contribution is -0.708. The van der Waals surface area contributed by atoms with Crippen molar-refractivity contribution in [3.8, 4) is 0 Å². The zero-order valence-electron chi connectivity index (χ0n) is 17.1. The summed E-state index contributed by atoms with van der Waals surface area (Å²) in [5.74, 6) is 0.679. The summed E-state index contributed by atoms with van der Waals surface area (Å²) in [6, 6.07) is 11.0. The molecule has 0 fully saturated rings. The topological polar surface area (TPSA) is 51.0 Å². The molecule has 5 heteroatoms. The van der Waals surface area contributed by atoms with Crippen LogP contribution in [0.3, 0.4) is 0 Å². The van der Waals surface area contributed by atoms with Crippen LogP contribution in [0.2, 0.25) is 0 Å². The summed E-state index contributed by atoms with van der Waals surface area (Å²) in [5.41, 5.74) is 4.88. The van der Waals surface area contributed by atoms with Gasteiger partial charge in [0, 0.05) is 22.2 Å². The SMILES string of the molecule is CC(C)Cc1ccc([C@@H](C)[NH2+]Cc2cc(=O)n3c4c(sc3n2)CCCC4)cc1. The van der Waals surface area contributed by atoms with Gasteiger partial charge < -0.3 is 5.32 Å². The van der Waals surface area contributed by atoms with Crippen molar-refractivity contribution in [1.29, 1.82) is 0 Å². The minimum Gasteiger partial charge on any atom is -0.335 e. The lowest BCUT2D eigenvalue weighted by Crippen LogP contribution is -2.83. The van der Waals surface area contributed by atoms with Gasteiger partial charge in [-0.05, 0) is 50.5 Å². The molecule has 0 amide bonds. The zero-order chi connectivity index (χ0) is 19.7. The van der Waals surface area contributed by atoms with E-state index in [1.165, 1.54) is 34.5 Å². The molecule has 3 aromatic rings. The van der Waals surface area contributed by atoms with Crippen molar-refractivity contribution in [2.45, 2.75) is 65.5 Å². The molecule has 0 bridgehead atoms. The van der Waals surface area contributed by atoms with Crippen LogP contribution in [-0.2, 0) is 25.8 Å². The molecule has 1 aliphatic carbocycles. The highest BCUT2D eigenvalue weighted by Gasteiger charge is 2.19. The fourth-order valence-corrected chi connectivity index (χ4v) is 5.34. The molecule has 0 unspecified atom stereocenters. The molecule has 28 heavy (non-hydrogen) atoms. The number of thiazole rings is 1. The number of fused-ring (bicyclic) bond motifs is 3. The molecule has 2 aromatic heterocycles. The average Bonchev–Trinajstić information content (AvgIpc) is 3.05. The highest BCUT2D eigenvalue weighted by molar-refractivity contribution is 7.17. The maximum absolute atomic E-state index is 12.7. The number of rotatable bonds is 6. The van der Waals surface area contributed by atoms with Crippen LogP contribution in [0.25, 0.3) is 4.96 Å². The molecular formula is C23H30N3OS+. The van der Waals surface area contributed by atoms with Gasteiger partial charge in [0.1, 0.15) is 18.3 Å². The summed E-state index contributed by atoms with van der Waals surface area (Å²) >= 11 is 1.70. The summed E-state index contributed by atoms with van der Waals surface area (Å²) in [5, 5.41) is 2.27. The van der Waals surface area contributed by atoms with Gasteiger partial charge >= 0.3 is 0 Å². The summed E-state index contributed by atoms with van der Waals surface area (Å²) in [7, 11) is 0. The molecule has 0 saturated heterocycles. The lowest BCUT2D eigenvalue weighted by Gasteiger charge is -2.12. The Morgan fingerprint density at radius 1 is 1.14 bits per heavy atom. The number of benzene rings is 1. The van der Waals surface area contributed by atoms with E-state index in [2.05, 4.69) is 50.4 Å². The van der Waals surface area contributed by atoms with E-state index in [0.717, 1.165) is 36.5 Å². The summed E-state index contributed by atoms with van der Waals surface area (Å²) in [6.45, 7) is 7.44. The Bertz CT molecular complexity index is 1020. The van der Waals surface area contributed by atoms with Crippen molar-refractivity contribution < 1.29 is 5.32 Å². The molecule has 2 heterocycles. The second-order valence-electron chi connectivity index (χ2n) is 8.45. The Hall–Kier alpha value is -1.98. The predicted molar refractivity (Wildman–Crippen MR) is 115 cm³/mol. The summed E-state index contributed by atoms with van der Waals surface area (Å²) < 4.78 is 1.85. The second kappa shape index (κ2) is 8.18. The Morgan fingerprint density at radius 2 is 1.89 bits per heavy atom. The number of hydrogen-bond donors (Lipinski definition) is 1. The third-order valence-corrected chi connectivity index (χ3v) is 6.79. The number of aromatic nitrogens is 2. The van der Waals surface area contributed by atoms with Crippen molar-refractivity contribution >= 4 is 16.3 Å². The Kier molecular flexibility index (Phi) is 5.65. The van der Waals surface area contributed by atoms with Crippen LogP contribution in [0.4, 0.5) is 0 Å². The molecule has 0 spiro atoms. The third kappa shape index (κ3) is 4.06. The van der Waals surface area contributed by atoms with Crippen LogP contribution in [0.5, 0.6) is 0 Å². The minimum atomic E-state index is 0.0819. The number of hydrogen-bond acceptors (Lipinski definition) is 3. The van der Waals surface area contributed by atoms with Gasteiger partial charge in [-0.3, -0.25) is 9.20 Å². The molecule has 1 aromatic carbocycles. The lowest BCUT2D eigenvalue weighted by atomic mass is 10.00. The molecule has 0 radical (unpaired) electrons. The van der Waals surface area contributed by atoms with Crippen molar-refractivity contribution in [1.82, 2.24) is 9.38 Å². The van der Waals surface area contributed by atoms with Crippen LogP contribution in [0.1, 0.15) is 67.0 Å². The molecule has 1 aliphatic rings. The van der Waals surface area contributed by atoms with Gasteiger partial charge in [-0.2, -0.15) is 0 Å². The van der Waals surface area contributed by atoms with E-state index in [1.807, 2.05) is 4.40 Å². The molecule has 4 nitrogen and oxygen atoms in total. The van der Waals surface area contributed by atoms with E-state index in [9.17, 15) is 4.79 Å². The average molecular weight is 397 g/mol. The first-order valence-electron chi connectivity index (χ1n) is 10.5. The third-order valence-electron chi connectivity index (χ3n) is 5.64. The van der Waals surface area contributed by atoms with Crippen LogP contribution >= 0.6 is 11.3 Å². The molecule has 1 atom stereocenters. The van der Waals surface area contributed by atoms with E-state index in [1.54, 1.807) is 17.4 Å². The monoisotopic (exact) mass is 396 g/mol. The van der Waals surface area contributed by atoms with E-state index >= 15 is 0 Å². The van der Waals surface area contributed by atoms with Gasteiger partial charge in [0.05, 0.1) is 0 Å². The van der Waals surface area contributed by atoms with Crippen molar-refractivity contribution in [3.05, 3.63) is 68.1 Å². The number of aryl methyl sites for hydroxylation is 2. The highest BCUT2D eigenvalue weighted by Crippen LogP contribution is 2.28. The smallest absolute Gasteiger partial charge is 0.259 e. The fraction of sp³-hybridized carbons (Fsp3) is 0.478. The predicted octanol–water partition coefficient (Wildman–Crippen LogP) is 3.66. The number of nitrogens with two attached hydrogens (primary N) is 1. The molecule has 2 N–H and O–H groups in total. The molecular weight excluding hydrogens is 366 g/mol.